The summed E-state index contributed by atoms with van der Waals surface area (Å²) in [5.41, 5.74) is 6.03. The molecule has 0 aromatic heterocycles. The molecule has 1 unspecified atom stereocenters. The van der Waals surface area contributed by atoms with Crippen molar-refractivity contribution in [3.63, 3.8) is 0 Å². The largest absolute Gasteiger partial charge is 0.0654 e. The zero-order valence-corrected chi connectivity index (χ0v) is 24.5. The number of unbranched alkanes of at least 4 members (excludes halogenated alkanes) is 3. The van der Waals surface area contributed by atoms with Gasteiger partial charge < -0.3 is 0 Å². The van der Waals surface area contributed by atoms with Crippen molar-refractivity contribution >= 4 is 0 Å². The predicted molar refractivity (Wildman–Crippen MR) is 163 cm³/mol. The van der Waals surface area contributed by atoms with Crippen LogP contribution in [0.15, 0.2) is 48.5 Å². The number of hydrogen-bond acceptors (Lipinski definition) is 0. The Hall–Kier alpha value is -1.56. The molecule has 1 atom stereocenters. The first kappa shape index (κ1) is 28.4. The maximum atomic E-state index is 2.44. The lowest BCUT2D eigenvalue weighted by atomic mass is 9.76. The summed E-state index contributed by atoms with van der Waals surface area (Å²) in [6.45, 7) is 7.02. The van der Waals surface area contributed by atoms with Crippen molar-refractivity contribution in [2.45, 2.75) is 142 Å². The first-order chi connectivity index (χ1) is 18.2. The van der Waals surface area contributed by atoms with Crippen molar-refractivity contribution in [1.29, 1.82) is 0 Å². The third kappa shape index (κ3) is 8.73. The Morgan fingerprint density at radius 1 is 0.568 bits per heavy atom. The van der Waals surface area contributed by atoms with Gasteiger partial charge in [-0.3, -0.25) is 0 Å². The SMILES string of the molecule is CCCCCC1CCC(c2ccc(C(C)c3ccc(CCC4CCC(CCCC)CC4)cc3)cc2)CC1. The minimum atomic E-state index is 0.468. The van der Waals surface area contributed by atoms with E-state index in [9.17, 15) is 0 Å². The number of aryl methyl sites for hydroxylation is 1. The quantitative estimate of drug-likeness (QED) is 0.240. The molecule has 2 aliphatic rings. The lowest BCUT2D eigenvalue weighted by Gasteiger charge is -2.29. The maximum absolute atomic E-state index is 2.44. The first-order valence-corrected chi connectivity index (χ1v) is 16.3. The summed E-state index contributed by atoms with van der Waals surface area (Å²) in [4.78, 5) is 0. The molecule has 2 saturated carbocycles. The van der Waals surface area contributed by atoms with E-state index in [1.807, 2.05) is 0 Å². The van der Waals surface area contributed by atoms with Crippen molar-refractivity contribution < 1.29 is 0 Å². The van der Waals surface area contributed by atoms with Crippen LogP contribution in [0, 0.1) is 17.8 Å². The van der Waals surface area contributed by atoms with Gasteiger partial charge in [-0.25, -0.2) is 0 Å². The molecule has 0 amide bonds. The topological polar surface area (TPSA) is 0 Å². The Morgan fingerprint density at radius 3 is 1.62 bits per heavy atom. The molecule has 0 spiro atoms. The van der Waals surface area contributed by atoms with Gasteiger partial charge in [0.15, 0.2) is 0 Å². The highest BCUT2D eigenvalue weighted by Crippen LogP contribution is 2.38. The van der Waals surface area contributed by atoms with Crippen LogP contribution in [0.5, 0.6) is 0 Å². The second-order valence-electron chi connectivity index (χ2n) is 12.9. The zero-order chi connectivity index (χ0) is 25.9. The third-order valence-electron chi connectivity index (χ3n) is 10.2. The first-order valence-electron chi connectivity index (χ1n) is 16.3. The Bertz CT molecular complexity index is 859. The van der Waals surface area contributed by atoms with Crippen LogP contribution in [0.25, 0.3) is 0 Å². The van der Waals surface area contributed by atoms with E-state index < -0.39 is 0 Å². The molecule has 0 N–H and O–H groups in total. The molecule has 37 heavy (non-hydrogen) atoms. The fraction of sp³-hybridized carbons (Fsp3) is 0.676. The van der Waals surface area contributed by atoms with Gasteiger partial charge in [-0.15, -0.1) is 0 Å². The van der Waals surface area contributed by atoms with E-state index in [0.29, 0.717) is 5.92 Å². The van der Waals surface area contributed by atoms with Gasteiger partial charge in [-0.05, 0) is 84.5 Å². The summed E-state index contributed by atoms with van der Waals surface area (Å²) >= 11 is 0. The number of benzene rings is 2. The van der Waals surface area contributed by atoms with Crippen molar-refractivity contribution in [2.75, 3.05) is 0 Å². The van der Waals surface area contributed by atoms with Crippen LogP contribution in [0.4, 0.5) is 0 Å². The Balaban J connectivity index is 1.21. The molecule has 0 nitrogen and oxygen atoms in total. The molecule has 2 aromatic carbocycles. The van der Waals surface area contributed by atoms with E-state index in [2.05, 4.69) is 69.3 Å². The smallest absolute Gasteiger partial charge is 0.00610 e. The van der Waals surface area contributed by atoms with Crippen molar-refractivity contribution in [1.82, 2.24) is 0 Å². The van der Waals surface area contributed by atoms with Crippen molar-refractivity contribution in [2.24, 2.45) is 17.8 Å². The molecule has 0 bridgehead atoms. The molecule has 0 saturated heterocycles. The molecule has 4 rings (SSSR count). The zero-order valence-electron chi connectivity index (χ0n) is 24.5. The predicted octanol–water partition coefficient (Wildman–Crippen LogP) is 11.6. The molecule has 2 aromatic rings. The molecule has 0 radical (unpaired) electrons. The van der Waals surface area contributed by atoms with Gasteiger partial charge in [0.25, 0.3) is 0 Å². The summed E-state index contributed by atoms with van der Waals surface area (Å²) in [5.74, 6) is 4.25. The Labute approximate surface area is 230 Å². The maximum Gasteiger partial charge on any atom is 0.00610 e. The summed E-state index contributed by atoms with van der Waals surface area (Å²) in [6.07, 6.45) is 24.2. The number of rotatable bonds is 13. The highest BCUT2D eigenvalue weighted by molar-refractivity contribution is 5.35. The minimum Gasteiger partial charge on any atom is -0.0654 e. The normalized spacial score (nSPS) is 25.2. The molecule has 0 aliphatic heterocycles. The van der Waals surface area contributed by atoms with Crippen molar-refractivity contribution in [3.8, 4) is 0 Å². The lowest BCUT2D eigenvalue weighted by molar-refractivity contribution is 0.250. The molecular weight excluding hydrogens is 444 g/mol. The fourth-order valence-electron chi connectivity index (χ4n) is 7.36. The Kier molecular flexibility index (Phi) is 11.6. The van der Waals surface area contributed by atoms with Crippen LogP contribution >= 0.6 is 0 Å². The van der Waals surface area contributed by atoms with Gasteiger partial charge >= 0.3 is 0 Å². The van der Waals surface area contributed by atoms with Crippen LogP contribution in [0.1, 0.15) is 158 Å². The van der Waals surface area contributed by atoms with Gasteiger partial charge in [0.1, 0.15) is 0 Å². The molecule has 0 heteroatoms. The summed E-state index contributed by atoms with van der Waals surface area (Å²) < 4.78 is 0. The van der Waals surface area contributed by atoms with Gasteiger partial charge in [0, 0.05) is 5.92 Å². The van der Waals surface area contributed by atoms with E-state index in [4.69, 9.17) is 0 Å². The monoisotopic (exact) mass is 500 g/mol. The second kappa shape index (κ2) is 15.1. The lowest BCUT2D eigenvalue weighted by Crippen LogP contribution is -2.15. The summed E-state index contributed by atoms with van der Waals surface area (Å²) in [6, 6.07) is 19.3. The average molecular weight is 501 g/mol. The van der Waals surface area contributed by atoms with E-state index in [0.717, 1.165) is 23.7 Å². The number of hydrogen-bond donors (Lipinski definition) is 0. The van der Waals surface area contributed by atoms with Gasteiger partial charge in [-0.2, -0.15) is 0 Å². The van der Waals surface area contributed by atoms with E-state index in [1.165, 1.54) is 126 Å². The molecule has 0 heterocycles. The van der Waals surface area contributed by atoms with Crippen LogP contribution in [-0.4, -0.2) is 0 Å². The highest BCUT2D eigenvalue weighted by atomic mass is 14.3. The highest BCUT2D eigenvalue weighted by Gasteiger charge is 2.23. The van der Waals surface area contributed by atoms with Gasteiger partial charge in [0.05, 0.1) is 0 Å². The van der Waals surface area contributed by atoms with E-state index in [1.54, 1.807) is 5.56 Å². The van der Waals surface area contributed by atoms with E-state index >= 15 is 0 Å². The van der Waals surface area contributed by atoms with Crippen LogP contribution in [0.2, 0.25) is 0 Å². The van der Waals surface area contributed by atoms with Crippen LogP contribution < -0.4 is 0 Å². The van der Waals surface area contributed by atoms with Crippen LogP contribution in [0.3, 0.4) is 0 Å². The molecule has 2 fully saturated rings. The molecular formula is C37H56. The van der Waals surface area contributed by atoms with Crippen LogP contribution in [-0.2, 0) is 6.42 Å². The molecule has 2 aliphatic carbocycles. The standard InChI is InChI=1S/C37H56/c1-4-6-8-10-31-19-23-36(24-20-31)37-27-25-35(26-28-37)29(3)34-21-17-33(18-22-34)16-15-32-13-11-30(12-14-32)9-7-5-2/h17-18,21-22,25-32,36H,4-16,19-20,23-24H2,1-3H3. The van der Waals surface area contributed by atoms with Gasteiger partial charge in [-0.1, -0.05) is 140 Å². The van der Waals surface area contributed by atoms with Gasteiger partial charge in [0.2, 0.25) is 0 Å². The average Bonchev–Trinajstić information content (AvgIpc) is 2.96. The summed E-state index contributed by atoms with van der Waals surface area (Å²) in [5, 5.41) is 0. The van der Waals surface area contributed by atoms with Crippen molar-refractivity contribution in [3.05, 3.63) is 70.8 Å². The second-order valence-corrected chi connectivity index (χ2v) is 12.9. The fourth-order valence-corrected chi connectivity index (χ4v) is 7.36. The Morgan fingerprint density at radius 2 is 1.05 bits per heavy atom. The minimum absolute atomic E-state index is 0.468. The van der Waals surface area contributed by atoms with E-state index in [-0.39, 0.29) is 0 Å². The summed E-state index contributed by atoms with van der Waals surface area (Å²) in [7, 11) is 0. The molecule has 204 valence electrons. The third-order valence-corrected chi connectivity index (χ3v) is 10.2.